The van der Waals surface area contributed by atoms with Crippen LogP contribution >= 0.6 is 0 Å². The number of piperazine rings is 1. The summed E-state index contributed by atoms with van der Waals surface area (Å²) in [7, 11) is -3.99. The number of nitrogens with zero attached hydrogens (tertiary/aromatic N) is 1. The summed E-state index contributed by atoms with van der Waals surface area (Å²) < 4.78 is 28.5. The molecule has 2 aromatic carbocycles. The molecule has 2 aliphatic rings. The van der Waals surface area contributed by atoms with Gasteiger partial charge in [-0.05, 0) is 89.6 Å². The molecule has 1 fully saturated rings. The van der Waals surface area contributed by atoms with Crippen LogP contribution < -0.4 is 16.0 Å². The molecule has 8 nitrogen and oxygen atoms in total. The maximum absolute atomic E-state index is 13.6. The van der Waals surface area contributed by atoms with Gasteiger partial charge in [-0.2, -0.15) is 4.31 Å². The lowest BCUT2D eigenvalue weighted by Gasteiger charge is -2.42. The highest BCUT2D eigenvalue weighted by Gasteiger charge is 2.45. The summed E-state index contributed by atoms with van der Waals surface area (Å²) in [5.74, 6) is -0.799. The minimum absolute atomic E-state index is 0.0217. The molecular weight excluding hydrogens is 512 g/mol. The van der Waals surface area contributed by atoms with Crippen LogP contribution in [0.4, 0.5) is 0 Å². The molecule has 9 heteroatoms. The van der Waals surface area contributed by atoms with Gasteiger partial charge in [0.25, 0.3) is 0 Å². The van der Waals surface area contributed by atoms with Crippen LogP contribution in [0, 0.1) is 6.92 Å². The van der Waals surface area contributed by atoms with Crippen molar-refractivity contribution in [1.82, 2.24) is 20.3 Å². The van der Waals surface area contributed by atoms with Gasteiger partial charge in [-0.3, -0.25) is 9.59 Å². The predicted molar refractivity (Wildman–Crippen MR) is 153 cm³/mol. The molecule has 0 aromatic heterocycles. The van der Waals surface area contributed by atoms with Crippen LogP contribution in [-0.2, 0) is 32.6 Å². The summed E-state index contributed by atoms with van der Waals surface area (Å²) >= 11 is 0. The molecule has 2 unspecified atom stereocenters. The van der Waals surface area contributed by atoms with Gasteiger partial charge < -0.3 is 16.0 Å². The third-order valence-electron chi connectivity index (χ3n) is 7.35. The number of rotatable bonds is 7. The Balaban J connectivity index is 1.51. The number of amides is 2. The Kier molecular flexibility index (Phi) is 8.26. The van der Waals surface area contributed by atoms with Gasteiger partial charge in [-0.1, -0.05) is 35.9 Å². The van der Waals surface area contributed by atoms with Gasteiger partial charge in [0.2, 0.25) is 21.8 Å². The van der Waals surface area contributed by atoms with Crippen molar-refractivity contribution in [2.45, 2.75) is 102 Å². The van der Waals surface area contributed by atoms with E-state index in [1.54, 1.807) is 38.1 Å². The summed E-state index contributed by atoms with van der Waals surface area (Å²) in [4.78, 5) is 26.6. The molecule has 0 spiro atoms. The third-order valence-corrected chi connectivity index (χ3v) is 9.22. The maximum Gasteiger partial charge on any atom is 0.243 e. The number of nitrogens with one attached hydrogen (secondary N) is 3. The number of hydrogen-bond acceptors (Lipinski definition) is 5. The van der Waals surface area contributed by atoms with Gasteiger partial charge in [0.15, 0.2) is 0 Å². The molecule has 39 heavy (non-hydrogen) atoms. The SMILES string of the molecule is Cc1ccc(S(=O)(=O)N2CC(C)(C)NC(=O)C2CC(=O)NC2CCCc3cc(CNC(C)(C)C)ccc32)cc1. The summed E-state index contributed by atoms with van der Waals surface area (Å²) in [5, 5.41) is 9.51. The summed E-state index contributed by atoms with van der Waals surface area (Å²) in [6.07, 6.45) is 2.45. The van der Waals surface area contributed by atoms with E-state index in [4.69, 9.17) is 0 Å². The van der Waals surface area contributed by atoms with Crippen LogP contribution in [-0.4, -0.2) is 48.2 Å². The molecule has 0 radical (unpaired) electrons. The predicted octanol–water partition coefficient (Wildman–Crippen LogP) is 3.73. The van der Waals surface area contributed by atoms with E-state index in [0.717, 1.165) is 36.9 Å². The summed E-state index contributed by atoms with van der Waals surface area (Å²) in [5.41, 5.74) is 3.71. The fraction of sp³-hybridized carbons (Fsp3) is 0.533. The quantitative estimate of drug-likeness (QED) is 0.484. The number of carbonyl (C=O) groups is 2. The van der Waals surface area contributed by atoms with E-state index < -0.39 is 27.5 Å². The molecule has 1 aliphatic carbocycles. The van der Waals surface area contributed by atoms with Crippen molar-refractivity contribution < 1.29 is 18.0 Å². The van der Waals surface area contributed by atoms with E-state index >= 15 is 0 Å². The van der Waals surface area contributed by atoms with Gasteiger partial charge in [0, 0.05) is 24.2 Å². The minimum Gasteiger partial charge on any atom is -0.349 e. The standard InChI is InChI=1S/C30H42N4O4S/c1-20-10-13-23(14-11-20)39(37,38)34-19-30(5,6)33-28(36)26(34)17-27(35)32-25-9-7-8-22-16-21(12-15-24(22)25)18-31-29(2,3)4/h10-16,25-26,31H,7-9,17-19H2,1-6H3,(H,32,35)(H,33,36). The van der Waals surface area contributed by atoms with Crippen LogP contribution in [0.3, 0.4) is 0 Å². The Morgan fingerprint density at radius 3 is 2.49 bits per heavy atom. The smallest absolute Gasteiger partial charge is 0.243 e. The van der Waals surface area contributed by atoms with Gasteiger partial charge >= 0.3 is 0 Å². The van der Waals surface area contributed by atoms with Crippen molar-refractivity contribution in [3.63, 3.8) is 0 Å². The molecular formula is C30H42N4O4S. The number of hydrogen-bond donors (Lipinski definition) is 3. The molecule has 0 bridgehead atoms. The first-order valence-electron chi connectivity index (χ1n) is 13.7. The van der Waals surface area contributed by atoms with Crippen molar-refractivity contribution in [2.24, 2.45) is 0 Å². The average molecular weight is 555 g/mol. The normalized spacial score (nSPS) is 21.6. The van der Waals surface area contributed by atoms with Crippen LogP contribution in [0.15, 0.2) is 47.4 Å². The first kappa shape index (κ1) is 29.2. The van der Waals surface area contributed by atoms with Crippen molar-refractivity contribution in [3.8, 4) is 0 Å². The highest BCUT2D eigenvalue weighted by Crippen LogP contribution is 2.32. The fourth-order valence-corrected chi connectivity index (χ4v) is 7.05. The Bertz CT molecular complexity index is 1330. The lowest BCUT2D eigenvalue weighted by atomic mass is 9.86. The molecule has 0 saturated carbocycles. The highest BCUT2D eigenvalue weighted by molar-refractivity contribution is 7.89. The van der Waals surface area contributed by atoms with E-state index in [1.165, 1.54) is 15.4 Å². The zero-order chi connectivity index (χ0) is 28.6. The fourth-order valence-electron chi connectivity index (χ4n) is 5.30. The molecule has 4 rings (SSSR count). The maximum atomic E-state index is 13.6. The summed E-state index contributed by atoms with van der Waals surface area (Å²) in [6, 6.07) is 11.6. The van der Waals surface area contributed by atoms with Crippen molar-refractivity contribution in [2.75, 3.05) is 6.54 Å². The van der Waals surface area contributed by atoms with Crippen molar-refractivity contribution in [3.05, 3.63) is 64.7 Å². The molecule has 212 valence electrons. The van der Waals surface area contributed by atoms with E-state index in [0.29, 0.717) is 0 Å². The van der Waals surface area contributed by atoms with Gasteiger partial charge in [-0.25, -0.2) is 8.42 Å². The van der Waals surface area contributed by atoms with Crippen LogP contribution in [0.2, 0.25) is 0 Å². The lowest BCUT2D eigenvalue weighted by Crippen LogP contribution is -2.66. The summed E-state index contributed by atoms with van der Waals surface area (Å²) in [6.45, 7) is 12.7. The lowest BCUT2D eigenvalue weighted by molar-refractivity contribution is -0.134. The zero-order valence-electron chi connectivity index (χ0n) is 23.9. The van der Waals surface area contributed by atoms with Gasteiger partial charge in [-0.15, -0.1) is 0 Å². The Labute approximate surface area is 233 Å². The largest absolute Gasteiger partial charge is 0.349 e. The number of sulfonamides is 1. The molecule has 2 aromatic rings. The third kappa shape index (κ3) is 7.07. The van der Waals surface area contributed by atoms with E-state index in [-0.39, 0.29) is 35.3 Å². The van der Waals surface area contributed by atoms with Crippen LogP contribution in [0.5, 0.6) is 0 Å². The monoisotopic (exact) mass is 554 g/mol. The average Bonchev–Trinajstić information content (AvgIpc) is 2.84. The number of carbonyl (C=O) groups excluding carboxylic acids is 2. The van der Waals surface area contributed by atoms with E-state index in [9.17, 15) is 18.0 Å². The second-order valence-corrected chi connectivity index (χ2v) is 14.5. The second kappa shape index (κ2) is 11.0. The molecule has 1 aliphatic heterocycles. The Hall–Kier alpha value is -2.75. The molecule has 1 saturated heterocycles. The van der Waals surface area contributed by atoms with Gasteiger partial charge in [0.1, 0.15) is 6.04 Å². The van der Waals surface area contributed by atoms with Crippen molar-refractivity contribution in [1.29, 1.82) is 0 Å². The van der Waals surface area contributed by atoms with Crippen LogP contribution in [0.25, 0.3) is 0 Å². The number of aryl methyl sites for hydroxylation is 2. The molecule has 2 amide bonds. The minimum atomic E-state index is -3.99. The van der Waals surface area contributed by atoms with Gasteiger partial charge in [0.05, 0.1) is 17.4 Å². The molecule has 1 heterocycles. The number of fused-ring (bicyclic) bond motifs is 1. The topological polar surface area (TPSA) is 108 Å². The first-order valence-corrected chi connectivity index (χ1v) is 15.2. The van der Waals surface area contributed by atoms with E-state index in [1.807, 2.05) is 6.92 Å². The zero-order valence-corrected chi connectivity index (χ0v) is 24.7. The molecule has 3 N–H and O–H groups in total. The first-order chi connectivity index (χ1) is 18.1. The number of benzene rings is 2. The van der Waals surface area contributed by atoms with Crippen molar-refractivity contribution >= 4 is 21.8 Å². The Morgan fingerprint density at radius 2 is 1.82 bits per heavy atom. The van der Waals surface area contributed by atoms with Crippen LogP contribution in [0.1, 0.15) is 82.2 Å². The van der Waals surface area contributed by atoms with E-state index in [2.05, 4.69) is 54.9 Å². The second-order valence-electron chi connectivity index (χ2n) is 12.6. The Morgan fingerprint density at radius 1 is 1.13 bits per heavy atom. The highest BCUT2D eigenvalue weighted by atomic mass is 32.2. The molecule has 2 atom stereocenters.